The molecule has 0 aliphatic carbocycles. The van der Waals surface area contributed by atoms with Crippen LogP contribution in [-0.2, 0) is 9.59 Å². The van der Waals surface area contributed by atoms with Crippen molar-refractivity contribution in [1.29, 1.82) is 0 Å². The predicted octanol–water partition coefficient (Wildman–Crippen LogP) is -3.34. The lowest BCUT2D eigenvalue weighted by atomic mass is 10.0. The van der Waals surface area contributed by atoms with Gasteiger partial charge in [0, 0.05) is 20.9 Å². The first-order valence-corrected chi connectivity index (χ1v) is 5.98. The molecule has 0 aromatic heterocycles. The summed E-state index contributed by atoms with van der Waals surface area (Å²) in [4.78, 5) is 22.6. The van der Waals surface area contributed by atoms with E-state index >= 15 is 0 Å². The van der Waals surface area contributed by atoms with Crippen molar-refractivity contribution < 1.29 is 35.1 Å². The van der Waals surface area contributed by atoms with Crippen molar-refractivity contribution >= 4 is 11.8 Å². The van der Waals surface area contributed by atoms with E-state index in [4.69, 9.17) is 5.11 Å². The molecule has 2 amide bonds. The minimum Gasteiger partial charge on any atom is -0.394 e. The Bertz CT molecular complexity index is 339. The highest BCUT2D eigenvalue weighted by Crippen LogP contribution is 2.08. The summed E-state index contributed by atoms with van der Waals surface area (Å²) >= 11 is 0. The van der Waals surface area contributed by atoms with E-state index in [1.165, 1.54) is 14.0 Å². The third kappa shape index (κ3) is 5.02. The van der Waals surface area contributed by atoms with E-state index in [-0.39, 0.29) is 0 Å². The first-order chi connectivity index (χ1) is 9.13. The third-order valence-corrected chi connectivity index (χ3v) is 2.87. The van der Waals surface area contributed by atoms with Crippen LogP contribution in [0.4, 0.5) is 0 Å². The monoisotopic (exact) mass is 294 g/mol. The Morgan fingerprint density at radius 2 is 1.40 bits per heavy atom. The van der Waals surface area contributed by atoms with Crippen LogP contribution in [0, 0.1) is 0 Å². The van der Waals surface area contributed by atoms with Crippen molar-refractivity contribution in [2.45, 2.75) is 38.3 Å². The van der Waals surface area contributed by atoms with Gasteiger partial charge in [-0.2, -0.15) is 0 Å². The number of aliphatic hydroxyl groups is 5. The SMILES string of the molecule is CC(=O)N(C)N(C[C@H](O)[C@@H](O)[C@H](O)[C@H](O)CO)C(C)=O. The number of amides is 2. The maximum Gasteiger partial charge on any atom is 0.238 e. The summed E-state index contributed by atoms with van der Waals surface area (Å²) in [5.74, 6) is -1.01. The predicted molar refractivity (Wildman–Crippen MR) is 66.9 cm³/mol. The van der Waals surface area contributed by atoms with Crippen molar-refractivity contribution in [3.05, 3.63) is 0 Å². The molecule has 0 bridgehead atoms. The van der Waals surface area contributed by atoms with Crippen LogP contribution in [0.2, 0.25) is 0 Å². The van der Waals surface area contributed by atoms with Crippen LogP contribution in [-0.4, -0.2) is 92.0 Å². The number of nitrogens with zero attached hydrogens (tertiary/aromatic N) is 2. The summed E-state index contributed by atoms with van der Waals surface area (Å²) in [5, 5.41) is 48.5. The van der Waals surface area contributed by atoms with Crippen LogP contribution in [0.5, 0.6) is 0 Å². The van der Waals surface area contributed by atoms with Gasteiger partial charge in [0.1, 0.15) is 24.4 Å². The van der Waals surface area contributed by atoms with E-state index in [0.29, 0.717) is 0 Å². The van der Waals surface area contributed by atoms with Crippen molar-refractivity contribution in [2.24, 2.45) is 0 Å². The number of hydrogen-bond donors (Lipinski definition) is 5. The second-order valence-corrected chi connectivity index (χ2v) is 4.44. The first kappa shape index (κ1) is 18.7. The average Bonchev–Trinajstić information content (AvgIpc) is 2.40. The first-order valence-electron chi connectivity index (χ1n) is 5.98. The maximum atomic E-state index is 11.4. The van der Waals surface area contributed by atoms with Gasteiger partial charge >= 0.3 is 0 Å². The molecule has 0 spiro atoms. The molecule has 0 rings (SSSR count). The van der Waals surface area contributed by atoms with Gasteiger partial charge in [0.25, 0.3) is 0 Å². The average molecular weight is 294 g/mol. The van der Waals surface area contributed by atoms with Gasteiger partial charge in [0.05, 0.1) is 13.2 Å². The molecule has 0 aromatic rings. The van der Waals surface area contributed by atoms with E-state index in [2.05, 4.69) is 0 Å². The third-order valence-electron chi connectivity index (χ3n) is 2.87. The summed E-state index contributed by atoms with van der Waals surface area (Å²) in [6.45, 7) is 1.12. The molecule has 118 valence electrons. The maximum absolute atomic E-state index is 11.4. The zero-order chi connectivity index (χ0) is 16.0. The van der Waals surface area contributed by atoms with Gasteiger partial charge in [0.15, 0.2) is 0 Å². The standard InChI is InChI=1S/C11H22N2O7/c1-6(15)12(3)13(7(2)16)4-8(17)10(19)11(20)9(18)5-14/h8-11,14,17-20H,4-5H2,1-3H3/t8-,9+,10+,11+/m0/s1. The van der Waals surface area contributed by atoms with Crippen LogP contribution in [0.1, 0.15) is 13.8 Å². The summed E-state index contributed by atoms with van der Waals surface area (Å²) in [5.41, 5.74) is 0. The summed E-state index contributed by atoms with van der Waals surface area (Å²) in [7, 11) is 1.31. The Kier molecular flexibility index (Phi) is 7.61. The molecular formula is C11H22N2O7. The molecular weight excluding hydrogens is 272 g/mol. The Balaban J connectivity index is 4.80. The number of carbonyl (C=O) groups is 2. The molecule has 0 aliphatic rings. The van der Waals surface area contributed by atoms with Gasteiger partial charge in [0.2, 0.25) is 11.8 Å². The molecule has 0 aliphatic heterocycles. The Morgan fingerprint density at radius 3 is 1.75 bits per heavy atom. The van der Waals surface area contributed by atoms with E-state index in [1.807, 2.05) is 0 Å². The van der Waals surface area contributed by atoms with Gasteiger partial charge in [-0.15, -0.1) is 0 Å². The molecule has 0 radical (unpaired) electrons. The van der Waals surface area contributed by atoms with E-state index in [9.17, 15) is 30.0 Å². The van der Waals surface area contributed by atoms with Crippen LogP contribution in [0.3, 0.4) is 0 Å². The molecule has 0 saturated carbocycles. The smallest absolute Gasteiger partial charge is 0.238 e. The molecule has 9 heteroatoms. The molecule has 4 atom stereocenters. The Labute approximate surface area is 116 Å². The second kappa shape index (κ2) is 8.12. The molecule has 0 saturated heterocycles. The topological polar surface area (TPSA) is 142 Å². The fourth-order valence-electron chi connectivity index (χ4n) is 1.48. The molecule has 0 heterocycles. The number of aliphatic hydroxyl groups excluding tert-OH is 5. The molecule has 9 nitrogen and oxygen atoms in total. The molecule has 0 fully saturated rings. The number of carbonyl (C=O) groups excluding carboxylic acids is 2. The van der Waals surface area contributed by atoms with Crippen LogP contribution in [0.25, 0.3) is 0 Å². The molecule has 0 aromatic carbocycles. The van der Waals surface area contributed by atoms with E-state index in [0.717, 1.165) is 16.9 Å². The summed E-state index contributed by atoms with van der Waals surface area (Å²) in [6, 6.07) is 0. The Morgan fingerprint density at radius 1 is 0.950 bits per heavy atom. The fourth-order valence-corrected chi connectivity index (χ4v) is 1.48. The van der Waals surface area contributed by atoms with Crippen molar-refractivity contribution in [3.8, 4) is 0 Å². The summed E-state index contributed by atoms with van der Waals surface area (Å²) in [6.07, 6.45) is -6.82. The highest BCUT2D eigenvalue weighted by Gasteiger charge is 2.32. The number of hydrogen-bond acceptors (Lipinski definition) is 7. The Hall–Kier alpha value is -1.26. The van der Waals surface area contributed by atoms with E-state index in [1.54, 1.807) is 0 Å². The highest BCUT2D eigenvalue weighted by molar-refractivity contribution is 5.79. The van der Waals surface area contributed by atoms with Gasteiger partial charge in [-0.05, 0) is 0 Å². The van der Waals surface area contributed by atoms with Gasteiger partial charge in [-0.25, -0.2) is 5.01 Å². The van der Waals surface area contributed by atoms with Crippen molar-refractivity contribution in [1.82, 2.24) is 10.0 Å². The van der Waals surface area contributed by atoms with Crippen molar-refractivity contribution in [3.63, 3.8) is 0 Å². The zero-order valence-corrected chi connectivity index (χ0v) is 11.7. The molecule has 0 unspecified atom stereocenters. The highest BCUT2D eigenvalue weighted by atomic mass is 16.4. The second-order valence-electron chi connectivity index (χ2n) is 4.44. The minimum atomic E-state index is -1.79. The van der Waals surface area contributed by atoms with Gasteiger partial charge in [-0.3, -0.25) is 14.6 Å². The minimum absolute atomic E-state index is 0.457. The lowest BCUT2D eigenvalue weighted by Gasteiger charge is -2.34. The number of rotatable bonds is 6. The van der Waals surface area contributed by atoms with Gasteiger partial charge < -0.3 is 25.5 Å². The lowest BCUT2D eigenvalue weighted by Crippen LogP contribution is -2.54. The van der Waals surface area contributed by atoms with Crippen molar-refractivity contribution in [2.75, 3.05) is 20.2 Å². The van der Waals surface area contributed by atoms with E-state index < -0.39 is 49.4 Å². The largest absolute Gasteiger partial charge is 0.394 e. The fraction of sp³-hybridized carbons (Fsp3) is 0.818. The van der Waals surface area contributed by atoms with Gasteiger partial charge in [-0.1, -0.05) is 0 Å². The van der Waals surface area contributed by atoms with Crippen LogP contribution in [0.15, 0.2) is 0 Å². The zero-order valence-electron chi connectivity index (χ0n) is 11.7. The molecule has 5 N–H and O–H groups in total. The number of hydrazine groups is 1. The molecule has 20 heavy (non-hydrogen) atoms. The van der Waals surface area contributed by atoms with Crippen LogP contribution >= 0.6 is 0 Å². The quantitative estimate of drug-likeness (QED) is 0.322. The summed E-state index contributed by atoms with van der Waals surface area (Å²) < 4.78 is 0. The van der Waals surface area contributed by atoms with Crippen LogP contribution < -0.4 is 0 Å². The normalized spacial score (nSPS) is 17.0. The lowest BCUT2D eigenvalue weighted by molar-refractivity contribution is -0.167.